The molecule has 6 heteroatoms. The van der Waals surface area contributed by atoms with Crippen molar-refractivity contribution in [2.45, 2.75) is 13.5 Å². The van der Waals surface area contributed by atoms with E-state index in [9.17, 15) is 9.59 Å². The first kappa shape index (κ1) is 16.1. The zero-order valence-electron chi connectivity index (χ0n) is 14.4. The van der Waals surface area contributed by atoms with E-state index in [0.29, 0.717) is 12.3 Å². The van der Waals surface area contributed by atoms with Crippen LogP contribution in [0.3, 0.4) is 0 Å². The minimum Gasteiger partial charge on any atom is -0.442 e. The lowest BCUT2D eigenvalue weighted by molar-refractivity contribution is 0.0785. The molecule has 2 heterocycles. The number of carbonyl (C=O) groups is 1. The summed E-state index contributed by atoms with van der Waals surface area (Å²) in [6.45, 7) is 2.09. The number of benzene rings is 2. The standard InChI is InChI=1S/C20H17N3O3/c1-12-16(17-18(24)21-11-22-19(17)26-12)20(25)23(2)10-13-7-8-14-5-3-4-6-15(14)9-13/h3-9,11H,10H2,1-2H3,(H,21,22,24). The van der Waals surface area contributed by atoms with Crippen LogP contribution < -0.4 is 5.56 Å². The zero-order valence-corrected chi connectivity index (χ0v) is 14.4. The Hall–Kier alpha value is -3.41. The van der Waals surface area contributed by atoms with Crippen LogP contribution in [0.15, 0.2) is 58.0 Å². The number of amides is 1. The van der Waals surface area contributed by atoms with Gasteiger partial charge in [-0.15, -0.1) is 0 Å². The zero-order chi connectivity index (χ0) is 18.3. The van der Waals surface area contributed by atoms with Gasteiger partial charge in [-0.05, 0) is 29.3 Å². The Balaban J connectivity index is 1.68. The van der Waals surface area contributed by atoms with Gasteiger partial charge in [-0.1, -0.05) is 36.4 Å². The summed E-state index contributed by atoms with van der Waals surface area (Å²) in [6, 6.07) is 14.2. The Bertz CT molecular complexity index is 1190. The van der Waals surface area contributed by atoms with Crippen molar-refractivity contribution in [2.24, 2.45) is 0 Å². The number of aromatic nitrogens is 2. The van der Waals surface area contributed by atoms with Crippen LogP contribution in [-0.4, -0.2) is 27.8 Å². The molecule has 0 fully saturated rings. The van der Waals surface area contributed by atoms with E-state index in [-0.39, 0.29) is 28.1 Å². The third-order valence-corrected chi connectivity index (χ3v) is 4.46. The van der Waals surface area contributed by atoms with Crippen molar-refractivity contribution in [3.63, 3.8) is 0 Å². The van der Waals surface area contributed by atoms with Gasteiger partial charge in [0.15, 0.2) is 0 Å². The van der Waals surface area contributed by atoms with Crippen LogP contribution in [0.2, 0.25) is 0 Å². The Labute approximate surface area is 149 Å². The summed E-state index contributed by atoms with van der Waals surface area (Å²) in [7, 11) is 1.71. The predicted molar refractivity (Wildman–Crippen MR) is 99.1 cm³/mol. The van der Waals surface area contributed by atoms with Gasteiger partial charge in [-0.25, -0.2) is 4.98 Å². The molecular weight excluding hydrogens is 330 g/mol. The molecule has 1 N–H and O–H groups in total. The van der Waals surface area contributed by atoms with Gasteiger partial charge in [0.1, 0.15) is 11.1 Å². The highest BCUT2D eigenvalue weighted by molar-refractivity contribution is 6.06. The number of H-pyrrole nitrogens is 1. The number of nitrogens with one attached hydrogen (secondary N) is 1. The highest BCUT2D eigenvalue weighted by atomic mass is 16.3. The van der Waals surface area contributed by atoms with Crippen molar-refractivity contribution in [3.8, 4) is 0 Å². The normalized spacial score (nSPS) is 11.2. The van der Waals surface area contributed by atoms with Gasteiger partial charge in [0.25, 0.3) is 11.5 Å². The third kappa shape index (κ3) is 2.65. The molecule has 2 aromatic carbocycles. The van der Waals surface area contributed by atoms with Gasteiger partial charge in [0, 0.05) is 13.6 Å². The second kappa shape index (κ2) is 6.15. The van der Waals surface area contributed by atoms with E-state index < -0.39 is 0 Å². The highest BCUT2D eigenvalue weighted by Gasteiger charge is 2.24. The van der Waals surface area contributed by atoms with Crippen LogP contribution in [0.4, 0.5) is 0 Å². The fourth-order valence-corrected chi connectivity index (χ4v) is 3.18. The second-order valence-electron chi connectivity index (χ2n) is 6.29. The van der Waals surface area contributed by atoms with Crippen molar-refractivity contribution in [1.82, 2.24) is 14.9 Å². The van der Waals surface area contributed by atoms with Gasteiger partial charge in [0.2, 0.25) is 5.71 Å². The summed E-state index contributed by atoms with van der Waals surface area (Å²) < 4.78 is 5.48. The number of furan rings is 1. The maximum atomic E-state index is 12.9. The fraction of sp³-hybridized carbons (Fsp3) is 0.150. The quantitative estimate of drug-likeness (QED) is 0.617. The Morgan fingerprint density at radius 3 is 2.77 bits per heavy atom. The SMILES string of the molecule is Cc1oc2nc[nH]c(=O)c2c1C(=O)N(C)Cc1ccc2ccccc2c1. The lowest BCUT2D eigenvalue weighted by atomic mass is 10.1. The van der Waals surface area contributed by atoms with Crippen LogP contribution >= 0.6 is 0 Å². The summed E-state index contributed by atoms with van der Waals surface area (Å²) in [5, 5.41) is 2.47. The highest BCUT2D eigenvalue weighted by Crippen LogP contribution is 2.23. The summed E-state index contributed by atoms with van der Waals surface area (Å²) in [5.41, 5.74) is 1.07. The number of fused-ring (bicyclic) bond motifs is 2. The number of aromatic amines is 1. The maximum absolute atomic E-state index is 12.9. The molecule has 0 radical (unpaired) electrons. The number of aryl methyl sites for hydroxylation is 1. The Morgan fingerprint density at radius 1 is 1.19 bits per heavy atom. The minimum absolute atomic E-state index is 0.175. The van der Waals surface area contributed by atoms with Crippen LogP contribution in [0.1, 0.15) is 21.7 Å². The van der Waals surface area contributed by atoms with E-state index in [4.69, 9.17) is 4.42 Å². The molecule has 0 aliphatic carbocycles. The van der Waals surface area contributed by atoms with Crippen molar-refractivity contribution < 1.29 is 9.21 Å². The summed E-state index contributed by atoms with van der Waals surface area (Å²) >= 11 is 0. The average molecular weight is 347 g/mol. The first-order valence-corrected chi connectivity index (χ1v) is 8.24. The predicted octanol–water partition coefficient (Wildman–Crippen LogP) is 3.25. The first-order chi connectivity index (χ1) is 12.5. The van der Waals surface area contributed by atoms with Crippen LogP contribution in [0.25, 0.3) is 21.9 Å². The topological polar surface area (TPSA) is 79.2 Å². The van der Waals surface area contributed by atoms with Crippen LogP contribution in [0.5, 0.6) is 0 Å². The Morgan fingerprint density at radius 2 is 1.96 bits per heavy atom. The Kier molecular flexibility index (Phi) is 3.80. The molecule has 2 aromatic heterocycles. The number of rotatable bonds is 3. The molecule has 4 aromatic rings. The van der Waals surface area contributed by atoms with Gasteiger partial charge in [-0.3, -0.25) is 9.59 Å². The maximum Gasteiger partial charge on any atom is 0.262 e. The molecule has 0 atom stereocenters. The van der Waals surface area contributed by atoms with Gasteiger partial charge in [0.05, 0.1) is 11.9 Å². The monoisotopic (exact) mass is 347 g/mol. The number of hydrogen-bond acceptors (Lipinski definition) is 4. The average Bonchev–Trinajstić information content (AvgIpc) is 2.98. The van der Waals surface area contributed by atoms with E-state index in [2.05, 4.69) is 16.0 Å². The van der Waals surface area contributed by atoms with E-state index in [1.54, 1.807) is 18.9 Å². The smallest absolute Gasteiger partial charge is 0.262 e. The number of hydrogen-bond donors (Lipinski definition) is 1. The van der Waals surface area contributed by atoms with Crippen molar-refractivity contribution in [3.05, 3.63) is 76.0 Å². The molecule has 130 valence electrons. The summed E-state index contributed by atoms with van der Waals surface area (Å²) in [4.78, 5) is 33.1. The van der Waals surface area contributed by atoms with Crippen molar-refractivity contribution >= 4 is 27.8 Å². The summed E-state index contributed by atoms with van der Waals surface area (Å²) in [6.07, 6.45) is 1.26. The molecule has 0 aliphatic heterocycles. The molecule has 0 saturated carbocycles. The van der Waals surface area contributed by atoms with E-state index in [0.717, 1.165) is 16.3 Å². The third-order valence-electron chi connectivity index (χ3n) is 4.46. The minimum atomic E-state index is -0.380. The van der Waals surface area contributed by atoms with E-state index >= 15 is 0 Å². The second-order valence-corrected chi connectivity index (χ2v) is 6.29. The molecule has 0 aliphatic rings. The van der Waals surface area contributed by atoms with E-state index in [1.165, 1.54) is 6.33 Å². The molecule has 0 bridgehead atoms. The molecule has 26 heavy (non-hydrogen) atoms. The lowest BCUT2D eigenvalue weighted by Gasteiger charge is -2.17. The number of nitrogens with zero attached hydrogens (tertiary/aromatic N) is 2. The molecule has 0 spiro atoms. The van der Waals surface area contributed by atoms with E-state index in [1.807, 2.05) is 36.4 Å². The van der Waals surface area contributed by atoms with Crippen molar-refractivity contribution in [1.29, 1.82) is 0 Å². The molecular formula is C20H17N3O3. The fourth-order valence-electron chi connectivity index (χ4n) is 3.18. The summed E-state index contributed by atoms with van der Waals surface area (Å²) in [5.74, 6) is 0.118. The van der Waals surface area contributed by atoms with Gasteiger partial charge >= 0.3 is 0 Å². The van der Waals surface area contributed by atoms with Crippen LogP contribution in [0, 0.1) is 6.92 Å². The first-order valence-electron chi connectivity index (χ1n) is 8.24. The van der Waals surface area contributed by atoms with Crippen LogP contribution in [-0.2, 0) is 6.54 Å². The lowest BCUT2D eigenvalue weighted by Crippen LogP contribution is -2.27. The largest absolute Gasteiger partial charge is 0.442 e. The van der Waals surface area contributed by atoms with Crippen molar-refractivity contribution in [2.75, 3.05) is 7.05 Å². The molecule has 0 unspecified atom stereocenters. The molecule has 0 saturated heterocycles. The molecule has 6 nitrogen and oxygen atoms in total. The molecule has 4 rings (SSSR count). The number of carbonyl (C=O) groups excluding carboxylic acids is 1. The molecule has 1 amide bonds. The van der Waals surface area contributed by atoms with Gasteiger partial charge in [-0.2, -0.15) is 0 Å². The van der Waals surface area contributed by atoms with Gasteiger partial charge < -0.3 is 14.3 Å².